The van der Waals surface area contributed by atoms with Crippen LogP contribution in [-0.2, 0) is 9.53 Å². The number of nitrogens with two attached hydrogens (primary N) is 1. The number of benzene rings is 2. The predicted octanol–water partition coefficient (Wildman–Crippen LogP) is 2.50. The van der Waals surface area contributed by atoms with E-state index in [1.54, 1.807) is 0 Å². The first-order valence-corrected chi connectivity index (χ1v) is 9.18. The van der Waals surface area contributed by atoms with Crippen LogP contribution in [0.25, 0.3) is 16.7 Å². The quantitative estimate of drug-likeness (QED) is 0.417. The summed E-state index contributed by atoms with van der Waals surface area (Å²) in [5, 5.41) is 2.54. The summed E-state index contributed by atoms with van der Waals surface area (Å²) >= 11 is 0. The molecule has 1 atom stereocenters. The third kappa shape index (κ3) is 4.17. The Hall–Kier alpha value is -3.28. The largest absolute Gasteiger partial charge is 0.449 e. The van der Waals surface area contributed by atoms with Crippen molar-refractivity contribution >= 4 is 18.1 Å². The summed E-state index contributed by atoms with van der Waals surface area (Å²) in [7, 11) is 0. The lowest BCUT2D eigenvalue weighted by atomic mass is 9.98. The molecule has 0 saturated heterocycles. The van der Waals surface area contributed by atoms with E-state index in [0.29, 0.717) is 19.4 Å². The van der Waals surface area contributed by atoms with Gasteiger partial charge in [0.15, 0.2) is 0 Å². The fraction of sp³-hybridized carbons (Fsp3) is 0.286. The first-order chi connectivity index (χ1) is 13.7. The molecule has 7 nitrogen and oxygen atoms in total. The van der Waals surface area contributed by atoms with E-state index in [-0.39, 0.29) is 12.5 Å². The second kappa shape index (κ2) is 9.08. The van der Waals surface area contributed by atoms with Crippen LogP contribution < -0.4 is 11.1 Å². The van der Waals surface area contributed by atoms with Gasteiger partial charge < -0.3 is 21.3 Å². The molecular formula is C21H22N4O3. The highest BCUT2D eigenvalue weighted by atomic mass is 16.5. The number of amides is 1. The topological polar surface area (TPSA) is 118 Å². The van der Waals surface area contributed by atoms with Gasteiger partial charge in [0.25, 0.3) is 5.78 Å². The molecular weight excluding hydrogens is 356 g/mol. The van der Waals surface area contributed by atoms with E-state index in [0.717, 1.165) is 28.5 Å². The number of carbonyl (C=O) groups is 2. The molecule has 3 rings (SSSR count). The summed E-state index contributed by atoms with van der Waals surface area (Å²) in [6.07, 6.45) is 0.957. The second-order valence-corrected chi connectivity index (χ2v) is 6.60. The van der Waals surface area contributed by atoms with Crippen LogP contribution in [0.4, 0.5) is 4.79 Å². The number of ether oxygens (including phenoxy) is 1. The fourth-order valence-corrected chi connectivity index (χ4v) is 3.54. The summed E-state index contributed by atoms with van der Waals surface area (Å²) in [5.41, 5.74) is 18.5. The predicted molar refractivity (Wildman–Crippen MR) is 105 cm³/mol. The number of nitrogens with zero attached hydrogens (tertiary/aromatic N) is 2. The van der Waals surface area contributed by atoms with Crippen molar-refractivity contribution in [1.29, 1.82) is 0 Å². The third-order valence-electron chi connectivity index (χ3n) is 4.86. The molecule has 3 N–H and O–H groups in total. The highest BCUT2D eigenvalue weighted by molar-refractivity contribution is 6.28. The Morgan fingerprint density at radius 2 is 1.75 bits per heavy atom. The molecule has 0 bridgehead atoms. The molecule has 0 aliphatic heterocycles. The Kier molecular flexibility index (Phi) is 6.32. The van der Waals surface area contributed by atoms with Gasteiger partial charge in [-0.1, -0.05) is 48.5 Å². The van der Waals surface area contributed by atoms with Gasteiger partial charge in [0.1, 0.15) is 12.6 Å². The van der Waals surface area contributed by atoms with Crippen LogP contribution in [0.5, 0.6) is 0 Å². The summed E-state index contributed by atoms with van der Waals surface area (Å²) < 4.78 is 5.44. The zero-order chi connectivity index (χ0) is 19.9. The number of carbonyl (C=O) groups excluding carboxylic acids is 2. The maximum absolute atomic E-state index is 12.3. The maximum Gasteiger partial charge on any atom is 0.407 e. The molecule has 1 aliphatic carbocycles. The van der Waals surface area contributed by atoms with Crippen LogP contribution in [0.1, 0.15) is 29.9 Å². The molecule has 2 aromatic rings. The summed E-state index contributed by atoms with van der Waals surface area (Å²) in [6, 6.07) is 15.3. The molecule has 2 aromatic carbocycles. The van der Waals surface area contributed by atoms with E-state index in [2.05, 4.69) is 22.2 Å². The number of ketones is 1. The van der Waals surface area contributed by atoms with E-state index >= 15 is 0 Å². The number of hydrogen-bond donors (Lipinski definition) is 2. The molecule has 0 heterocycles. The number of alkyl carbamates (subject to hydrolysis) is 1. The van der Waals surface area contributed by atoms with Crippen molar-refractivity contribution in [2.75, 3.05) is 13.2 Å². The van der Waals surface area contributed by atoms with Gasteiger partial charge in [0.2, 0.25) is 0 Å². The molecule has 0 saturated carbocycles. The molecule has 0 aromatic heterocycles. The molecule has 144 valence electrons. The van der Waals surface area contributed by atoms with Crippen LogP contribution in [0.15, 0.2) is 48.5 Å². The van der Waals surface area contributed by atoms with Crippen molar-refractivity contribution in [3.8, 4) is 11.1 Å². The van der Waals surface area contributed by atoms with E-state index in [4.69, 9.17) is 16.0 Å². The molecule has 28 heavy (non-hydrogen) atoms. The highest BCUT2D eigenvalue weighted by Gasteiger charge is 2.29. The van der Waals surface area contributed by atoms with Gasteiger partial charge in [-0.3, -0.25) is 4.79 Å². The zero-order valence-electron chi connectivity index (χ0n) is 15.4. The van der Waals surface area contributed by atoms with Crippen LogP contribution in [-0.4, -0.2) is 42.1 Å². The van der Waals surface area contributed by atoms with Crippen molar-refractivity contribution in [3.05, 3.63) is 65.2 Å². The average Bonchev–Trinajstić information content (AvgIpc) is 3.03. The van der Waals surface area contributed by atoms with Crippen molar-refractivity contribution < 1.29 is 19.1 Å². The van der Waals surface area contributed by atoms with Gasteiger partial charge in [-0.25, -0.2) is 4.79 Å². The lowest BCUT2D eigenvalue weighted by molar-refractivity contribution is -0.118. The van der Waals surface area contributed by atoms with Gasteiger partial charge in [-0.2, -0.15) is 4.79 Å². The van der Waals surface area contributed by atoms with Crippen LogP contribution in [0.3, 0.4) is 0 Å². The summed E-state index contributed by atoms with van der Waals surface area (Å²) in [4.78, 5) is 27.0. The molecule has 7 heteroatoms. The molecule has 0 radical (unpaired) electrons. The van der Waals surface area contributed by atoms with Crippen molar-refractivity contribution in [1.82, 2.24) is 5.32 Å². The number of Topliss-reactive ketones (excluding diaryl/α,β-unsaturated/α-hetero) is 1. The number of nitrogens with one attached hydrogen (secondary N) is 1. The molecule has 1 amide bonds. The first-order valence-electron chi connectivity index (χ1n) is 9.18. The Morgan fingerprint density at radius 1 is 1.14 bits per heavy atom. The van der Waals surface area contributed by atoms with Gasteiger partial charge in [0, 0.05) is 5.92 Å². The fourth-order valence-electron chi connectivity index (χ4n) is 3.54. The van der Waals surface area contributed by atoms with E-state index in [9.17, 15) is 9.59 Å². The monoisotopic (exact) mass is 378 g/mol. The van der Waals surface area contributed by atoms with Crippen LogP contribution in [0, 0.1) is 0 Å². The van der Waals surface area contributed by atoms with E-state index in [1.165, 1.54) is 0 Å². The van der Waals surface area contributed by atoms with Crippen molar-refractivity contribution in [3.63, 3.8) is 0 Å². The van der Waals surface area contributed by atoms with Crippen molar-refractivity contribution in [2.45, 2.75) is 24.8 Å². The van der Waals surface area contributed by atoms with Gasteiger partial charge in [0.05, 0.1) is 0 Å². The summed E-state index contributed by atoms with van der Waals surface area (Å²) in [5.74, 6) is -0.570. The van der Waals surface area contributed by atoms with Gasteiger partial charge in [-0.15, -0.1) is 0 Å². The Morgan fingerprint density at radius 3 is 2.32 bits per heavy atom. The van der Waals surface area contributed by atoms with Crippen LogP contribution >= 0.6 is 0 Å². The Bertz CT molecular complexity index is 876. The Labute approximate surface area is 163 Å². The van der Waals surface area contributed by atoms with Crippen molar-refractivity contribution in [2.24, 2.45) is 5.73 Å². The van der Waals surface area contributed by atoms with Crippen LogP contribution in [0.2, 0.25) is 0 Å². The SMILES string of the molecule is [N-]=[N+]=CC(=O)[C@H](CCCN)NC(=O)OCC1c2ccccc2-c2ccccc21. The number of rotatable bonds is 8. The second-order valence-electron chi connectivity index (χ2n) is 6.60. The molecule has 1 aliphatic rings. The zero-order valence-corrected chi connectivity index (χ0v) is 15.4. The normalized spacial score (nSPS) is 13.0. The van der Waals surface area contributed by atoms with E-state index in [1.807, 2.05) is 36.4 Å². The summed E-state index contributed by atoms with van der Waals surface area (Å²) in [6.45, 7) is 0.540. The minimum Gasteiger partial charge on any atom is -0.449 e. The molecule has 0 fully saturated rings. The van der Waals surface area contributed by atoms with Gasteiger partial charge >= 0.3 is 12.3 Å². The van der Waals surface area contributed by atoms with Gasteiger partial charge in [-0.05, 0) is 41.6 Å². The lowest BCUT2D eigenvalue weighted by Gasteiger charge is -2.17. The number of hydrogen-bond acceptors (Lipinski definition) is 4. The van der Waals surface area contributed by atoms with E-state index < -0.39 is 17.9 Å². The average molecular weight is 378 g/mol. The maximum atomic E-state index is 12.3. The minimum atomic E-state index is -0.838. The third-order valence-corrected chi connectivity index (χ3v) is 4.86. The minimum absolute atomic E-state index is 0.0599. The first kappa shape index (κ1) is 19.5. The standard InChI is InChI=1S/C21H22N4O3/c22-11-5-10-19(20(26)12-24-23)25-21(27)28-13-18-16-8-3-1-6-14(16)15-7-2-4-9-17(15)18/h1-4,6-9,12,18-19H,5,10-11,13,22H2,(H,25,27)/t19-/m0/s1. The Balaban J connectivity index is 1.68. The smallest absolute Gasteiger partial charge is 0.407 e. The molecule has 0 unspecified atom stereocenters. The highest BCUT2D eigenvalue weighted by Crippen LogP contribution is 2.44. The lowest BCUT2D eigenvalue weighted by Crippen LogP contribution is -2.42. The number of fused-ring (bicyclic) bond motifs is 3. The molecule has 0 spiro atoms.